The van der Waals surface area contributed by atoms with Gasteiger partial charge in [-0.2, -0.15) is 0 Å². The van der Waals surface area contributed by atoms with Gasteiger partial charge in [0, 0.05) is 13.2 Å². The lowest BCUT2D eigenvalue weighted by molar-refractivity contribution is 0.0203. The van der Waals surface area contributed by atoms with E-state index in [1.807, 2.05) is 6.07 Å². The number of furan rings is 1. The van der Waals surface area contributed by atoms with Crippen LogP contribution in [0.5, 0.6) is 0 Å². The topological polar surface area (TPSA) is 54.6 Å². The summed E-state index contributed by atoms with van der Waals surface area (Å²) < 4.78 is 11.0. The van der Waals surface area contributed by atoms with Crippen LogP contribution in [0.15, 0.2) is 16.5 Å². The van der Waals surface area contributed by atoms with E-state index in [1.165, 1.54) is 0 Å². The Morgan fingerprint density at radius 3 is 2.88 bits per heavy atom. The van der Waals surface area contributed by atoms with Crippen molar-refractivity contribution in [1.29, 1.82) is 0 Å². The fourth-order valence-corrected chi connectivity index (χ4v) is 2.03. The van der Waals surface area contributed by atoms with Crippen LogP contribution in [-0.2, 0) is 17.9 Å². The minimum absolute atomic E-state index is 0.0214. The van der Waals surface area contributed by atoms with E-state index in [1.54, 1.807) is 6.07 Å². The quantitative estimate of drug-likeness (QED) is 0.796. The average Bonchev–Trinajstić information content (AvgIpc) is 2.88. The van der Waals surface area contributed by atoms with Gasteiger partial charge >= 0.3 is 0 Å². The first kappa shape index (κ1) is 11.6. The second-order valence-electron chi connectivity index (χ2n) is 4.53. The van der Waals surface area contributed by atoms with Gasteiger partial charge in [-0.25, -0.2) is 0 Å². The molecule has 1 aromatic rings. The van der Waals surface area contributed by atoms with Gasteiger partial charge in [-0.3, -0.25) is 0 Å². The number of aliphatic hydroxyl groups is 1. The molecule has 16 heavy (non-hydrogen) atoms. The van der Waals surface area contributed by atoms with Gasteiger partial charge in [0.05, 0.1) is 12.1 Å². The molecule has 0 radical (unpaired) electrons. The lowest BCUT2D eigenvalue weighted by Crippen LogP contribution is -2.36. The second kappa shape index (κ2) is 4.99. The van der Waals surface area contributed by atoms with E-state index >= 15 is 0 Å². The van der Waals surface area contributed by atoms with Crippen LogP contribution < -0.4 is 5.32 Å². The molecule has 1 saturated heterocycles. The molecule has 0 spiro atoms. The van der Waals surface area contributed by atoms with Crippen molar-refractivity contribution in [3.63, 3.8) is 0 Å². The maximum atomic E-state index is 8.86. The van der Waals surface area contributed by atoms with Gasteiger partial charge in [-0.15, -0.1) is 0 Å². The van der Waals surface area contributed by atoms with Gasteiger partial charge in [0.1, 0.15) is 18.1 Å². The van der Waals surface area contributed by atoms with E-state index in [2.05, 4.69) is 12.2 Å². The highest BCUT2D eigenvalue weighted by molar-refractivity contribution is 5.06. The summed E-state index contributed by atoms with van der Waals surface area (Å²) in [5.74, 6) is 1.46. The molecule has 1 aliphatic rings. The fourth-order valence-electron chi connectivity index (χ4n) is 2.03. The molecule has 0 amide bonds. The van der Waals surface area contributed by atoms with Gasteiger partial charge < -0.3 is 19.6 Å². The molecule has 0 aromatic carbocycles. The van der Waals surface area contributed by atoms with Crippen molar-refractivity contribution >= 4 is 0 Å². The molecule has 2 N–H and O–H groups in total. The van der Waals surface area contributed by atoms with Crippen molar-refractivity contribution in [2.75, 3.05) is 13.2 Å². The minimum Gasteiger partial charge on any atom is -0.462 e. The number of ether oxygens (including phenoxy) is 1. The van der Waals surface area contributed by atoms with Gasteiger partial charge in [-0.05, 0) is 31.9 Å². The molecule has 1 atom stereocenters. The van der Waals surface area contributed by atoms with Crippen LogP contribution in [0.25, 0.3) is 0 Å². The zero-order valence-electron chi connectivity index (χ0n) is 9.66. The minimum atomic E-state index is -0.0408. The van der Waals surface area contributed by atoms with Crippen LogP contribution in [0.3, 0.4) is 0 Å². The van der Waals surface area contributed by atoms with Gasteiger partial charge in [0.25, 0.3) is 0 Å². The predicted molar refractivity (Wildman–Crippen MR) is 59.9 cm³/mol. The third-order valence-corrected chi connectivity index (χ3v) is 2.97. The normalized spacial score (nSPS) is 25.1. The van der Waals surface area contributed by atoms with Crippen LogP contribution in [0.2, 0.25) is 0 Å². The van der Waals surface area contributed by atoms with Crippen molar-refractivity contribution in [2.45, 2.75) is 38.5 Å². The first-order valence-corrected chi connectivity index (χ1v) is 5.75. The third kappa shape index (κ3) is 2.84. The molecular formula is C12H19NO3. The molecule has 0 saturated carbocycles. The maximum absolute atomic E-state index is 8.86. The monoisotopic (exact) mass is 225 g/mol. The largest absolute Gasteiger partial charge is 0.462 e. The molecular weight excluding hydrogens is 206 g/mol. The molecule has 90 valence electrons. The second-order valence-corrected chi connectivity index (χ2v) is 4.53. The van der Waals surface area contributed by atoms with Crippen molar-refractivity contribution in [1.82, 2.24) is 5.32 Å². The Bertz CT molecular complexity index is 329. The molecule has 4 heteroatoms. The Hall–Kier alpha value is -0.840. The number of aliphatic hydroxyl groups excluding tert-OH is 1. The first-order chi connectivity index (χ1) is 7.72. The van der Waals surface area contributed by atoms with Gasteiger partial charge in [-0.1, -0.05) is 0 Å². The lowest BCUT2D eigenvalue weighted by Gasteiger charge is -2.23. The lowest BCUT2D eigenvalue weighted by atomic mass is 10.0. The number of nitrogens with one attached hydrogen (secondary N) is 1. The number of hydrogen-bond acceptors (Lipinski definition) is 4. The molecule has 4 nitrogen and oxygen atoms in total. The highest BCUT2D eigenvalue weighted by Crippen LogP contribution is 2.24. The summed E-state index contributed by atoms with van der Waals surface area (Å²) in [6.45, 7) is 4.48. The zero-order valence-corrected chi connectivity index (χ0v) is 9.66. The fraction of sp³-hybridized carbons (Fsp3) is 0.667. The van der Waals surface area contributed by atoms with Crippen molar-refractivity contribution in [2.24, 2.45) is 0 Å². The predicted octanol–water partition coefficient (Wildman–Crippen LogP) is 1.43. The van der Waals surface area contributed by atoms with E-state index in [4.69, 9.17) is 14.3 Å². The molecule has 1 fully saturated rings. The summed E-state index contributed by atoms with van der Waals surface area (Å²) in [6, 6.07) is 3.68. The standard InChI is InChI=1S/C12H19NO3/c1-12(5-2-6-15-12)9-13-7-10-3-4-11(8-14)16-10/h3-4,13-14H,2,5-9H2,1H3. The van der Waals surface area contributed by atoms with Crippen molar-refractivity contribution in [3.8, 4) is 0 Å². The Morgan fingerprint density at radius 2 is 2.25 bits per heavy atom. The summed E-state index contributed by atoms with van der Waals surface area (Å²) in [5, 5.41) is 12.2. The Labute approximate surface area is 95.6 Å². The maximum Gasteiger partial charge on any atom is 0.129 e. The molecule has 2 rings (SSSR count). The zero-order chi connectivity index (χ0) is 11.4. The highest BCUT2D eigenvalue weighted by atomic mass is 16.5. The van der Waals surface area contributed by atoms with Crippen molar-refractivity contribution < 1.29 is 14.3 Å². The van der Waals surface area contributed by atoms with Crippen LogP contribution in [-0.4, -0.2) is 23.9 Å². The van der Waals surface area contributed by atoms with Gasteiger partial charge in [0.2, 0.25) is 0 Å². The molecule has 1 aromatic heterocycles. The van der Waals surface area contributed by atoms with E-state index in [0.29, 0.717) is 12.3 Å². The smallest absolute Gasteiger partial charge is 0.129 e. The van der Waals surface area contributed by atoms with Crippen LogP contribution in [0.1, 0.15) is 31.3 Å². The summed E-state index contributed by atoms with van der Waals surface area (Å²) >= 11 is 0. The van der Waals surface area contributed by atoms with Crippen LogP contribution in [0, 0.1) is 0 Å². The number of hydrogen-bond donors (Lipinski definition) is 2. The Balaban J connectivity index is 1.75. The van der Waals surface area contributed by atoms with E-state index in [-0.39, 0.29) is 12.2 Å². The first-order valence-electron chi connectivity index (χ1n) is 5.75. The summed E-state index contributed by atoms with van der Waals surface area (Å²) in [6.07, 6.45) is 2.26. The Kier molecular flexibility index (Phi) is 3.63. The highest BCUT2D eigenvalue weighted by Gasteiger charge is 2.28. The molecule has 1 aliphatic heterocycles. The summed E-state index contributed by atoms with van der Waals surface area (Å²) in [5.41, 5.74) is -0.0214. The van der Waals surface area contributed by atoms with Crippen LogP contribution in [0.4, 0.5) is 0 Å². The molecule has 2 heterocycles. The van der Waals surface area contributed by atoms with E-state index < -0.39 is 0 Å². The SMILES string of the molecule is CC1(CNCc2ccc(CO)o2)CCCO1. The van der Waals surface area contributed by atoms with Crippen molar-refractivity contribution in [3.05, 3.63) is 23.7 Å². The third-order valence-electron chi connectivity index (χ3n) is 2.97. The van der Waals surface area contributed by atoms with E-state index in [0.717, 1.165) is 31.8 Å². The van der Waals surface area contributed by atoms with Crippen LogP contribution >= 0.6 is 0 Å². The summed E-state index contributed by atoms with van der Waals surface area (Å²) in [7, 11) is 0. The van der Waals surface area contributed by atoms with E-state index in [9.17, 15) is 0 Å². The summed E-state index contributed by atoms with van der Waals surface area (Å²) in [4.78, 5) is 0. The van der Waals surface area contributed by atoms with Gasteiger partial charge in [0.15, 0.2) is 0 Å². The molecule has 0 bridgehead atoms. The Morgan fingerprint density at radius 1 is 1.44 bits per heavy atom. The molecule has 1 unspecified atom stereocenters. The number of rotatable bonds is 5. The average molecular weight is 225 g/mol. The molecule has 0 aliphatic carbocycles.